The molecule has 10 nitrogen and oxygen atoms in total. The van der Waals surface area contributed by atoms with Crippen LogP contribution in [0.5, 0.6) is 5.75 Å². The highest BCUT2D eigenvalue weighted by Crippen LogP contribution is 2.34. The molecule has 1 aliphatic rings. The first-order valence-electron chi connectivity index (χ1n) is 10.0. The van der Waals surface area contributed by atoms with Crippen LogP contribution in [0.3, 0.4) is 0 Å². The largest absolute Gasteiger partial charge is 0.494 e. The van der Waals surface area contributed by atoms with Crippen LogP contribution < -0.4 is 20.1 Å². The molecule has 0 aliphatic carbocycles. The van der Waals surface area contributed by atoms with Gasteiger partial charge in [-0.05, 0) is 36.2 Å². The highest BCUT2D eigenvalue weighted by atomic mass is 32.2. The number of halogens is 1. The predicted molar refractivity (Wildman–Crippen MR) is 121 cm³/mol. The van der Waals surface area contributed by atoms with Crippen molar-refractivity contribution in [1.29, 1.82) is 0 Å². The van der Waals surface area contributed by atoms with Gasteiger partial charge in [-0.3, -0.25) is 9.40 Å². The van der Waals surface area contributed by atoms with Crippen molar-refractivity contribution in [3.63, 3.8) is 0 Å². The van der Waals surface area contributed by atoms with E-state index >= 15 is 0 Å². The van der Waals surface area contributed by atoms with Gasteiger partial charge in [0, 0.05) is 0 Å². The van der Waals surface area contributed by atoms with E-state index in [1.165, 1.54) is 23.5 Å². The van der Waals surface area contributed by atoms with E-state index < -0.39 is 15.8 Å². The Hall–Kier alpha value is -3.93. The van der Waals surface area contributed by atoms with Crippen molar-refractivity contribution in [2.24, 2.45) is 0 Å². The number of nitrogen functional groups attached to an aromatic ring is 1. The van der Waals surface area contributed by atoms with E-state index in [4.69, 9.17) is 10.5 Å². The number of nitrogens with one attached hydrogen (secondary N) is 2. The van der Waals surface area contributed by atoms with E-state index in [0.717, 1.165) is 11.6 Å². The summed E-state index contributed by atoms with van der Waals surface area (Å²) in [6, 6.07) is 10.5. The molecule has 0 amide bonds. The van der Waals surface area contributed by atoms with E-state index in [1.807, 2.05) is 12.1 Å². The third-order valence-corrected chi connectivity index (χ3v) is 7.27. The average Bonchev–Trinajstić information content (AvgIpc) is 3.27. The molecule has 2 aromatic carbocycles. The second kappa shape index (κ2) is 7.89. The molecule has 4 aromatic rings. The zero-order valence-electron chi connectivity index (χ0n) is 17.5. The number of rotatable bonds is 5. The molecular formula is C21H20FN7O3S. The molecule has 1 unspecified atom stereocenters. The third kappa shape index (κ3) is 3.67. The van der Waals surface area contributed by atoms with E-state index in [1.54, 1.807) is 18.3 Å². The van der Waals surface area contributed by atoms with Gasteiger partial charge in [0.05, 0.1) is 41.9 Å². The van der Waals surface area contributed by atoms with Gasteiger partial charge in [-0.25, -0.2) is 12.8 Å². The summed E-state index contributed by atoms with van der Waals surface area (Å²) in [5.74, 6) is -0.275. The molecule has 0 spiro atoms. The summed E-state index contributed by atoms with van der Waals surface area (Å²) >= 11 is 0. The summed E-state index contributed by atoms with van der Waals surface area (Å²) in [6.07, 6.45) is 2.12. The van der Waals surface area contributed by atoms with Crippen LogP contribution in [-0.4, -0.2) is 48.3 Å². The van der Waals surface area contributed by atoms with Gasteiger partial charge in [0.15, 0.2) is 17.2 Å². The number of hydrogen-bond acceptors (Lipinski definition) is 8. The average molecular weight is 470 g/mol. The second-order valence-electron chi connectivity index (χ2n) is 7.57. The lowest BCUT2D eigenvalue weighted by molar-refractivity contribution is 0.385. The third-order valence-electron chi connectivity index (χ3n) is 5.49. The molecule has 0 fully saturated rings. The lowest BCUT2D eigenvalue weighted by Gasteiger charge is -2.35. The molecule has 0 saturated heterocycles. The predicted octanol–water partition coefficient (Wildman–Crippen LogP) is 2.31. The first-order valence-corrected chi connectivity index (χ1v) is 11.5. The molecule has 170 valence electrons. The molecule has 33 heavy (non-hydrogen) atoms. The number of aromatic amines is 1. The van der Waals surface area contributed by atoms with Crippen molar-refractivity contribution in [1.82, 2.24) is 20.2 Å². The Morgan fingerprint density at radius 2 is 2.06 bits per heavy atom. The number of ether oxygens (including phenoxy) is 1. The van der Waals surface area contributed by atoms with Gasteiger partial charge in [0.25, 0.3) is 10.0 Å². The fourth-order valence-corrected chi connectivity index (χ4v) is 5.53. The molecular weight excluding hydrogens is 449 g/mol. The van der Waals surface area contributed by atoms with Crippen LogP contribution in [0.2, 0.25) is 0 Å². The second-order valence-corrected chi connectivity index (χ2v) is 9.43. The fourth-order valence-electron chi connectivity index (χ4n) is 3.97. The normalized spacial score (nSPS) is 15.9. The maximum atomic E-state index is 14.3. The van der Waals surface area contributed by atoms with Gasteiger partial charge < -0.3 is 15.8 Å². The Morgan fingerprint density at radius 1 is 1.24 bits per heavy atom. The number of methoxy groups -OCH3 is 1. The fraction of sp³-hybridized carbons (Fsp3) is 0.190. The van der Waals surface area contributed by atoms with Crippen LogP contribution in [0.4, 0.5) is 21.8 Å². The van der Waals surface area contributed by atoms with Crippen molar-refractivity contribution >= 4 is 38.5 Å². The van der Waals surface area contributed by atoms with Gasteiger partial charge in [-0.15, -0.1) is 0 Å². The number of aromatic nitrogens is 4. The first kappa shape index (κ1) is 20.9. The number of sulfonamides is 1. The molecule has 0 bridgehead atoms. The monoisotopic (exact) mass is 469 g/mol. The van der Waals surface area contributed by atoms with Crippen LogP contribution >= 0.6 is 0 Å². The Morgan fingerprint density at radius 3 is 2.85 bits per heavy atom. The van der Waals surface area contributed by atoms with E-state index in [0.29, 0.717) is 29.0 Å². The highest BCUT2D eigenvalue weighted by molar-refractivity contribution is 7.92. The molecule has 12 heteroatoms. The highest BCUT2D eigenvalue weighted by Gasteiger charge is 2.34. The smallest absolute Gasteiger partial charge is 0.264 e. The number of H-pyrrole nitrogens is 1. The lowest BCUT2D eigenvalue weighted by atomic mass is 9.99. The summed E-state index contributed by atoms with van der Waals surface area (Å²) in [4.78, 5) is 8.20. The summed E-state index contributed by atoms with van der Waals surface area (Å²) in [5, 5.41) is 10.6. The minimum Gasteiger partial charge on any atom is -0.494 e. The van der Waals surface area contributed by atoms with Crippen LogP contribution in [0, 0.1) is 5.82 Å². The Kier molecular flexibility index (Phi) is 5.01. The summed E-state index contributed by atoms with van der Waals surface area (Å²) in [7, 11) is -2.75. The topological polar surface area (TPSA) is 139 Å². The number of anilines is 3. The van der Waals surface area contributed by atoms with Gasteiger partial charge >= 0.3 is 0 Å². The van der Waals surface area contributed by atoms with Gasteiger partial charge in [0.1, 0.15) is 5.82 Å². The quantitative estimate of drug-likeness (QED) is 0.405. The minimum atomic E-state index is -4.07. The van der Waals surface area contributed by atoms with Crippen molar-refractivity contribution in [2.45, 2.75) is 17.4 Å². The molecule has 4 N–H and O–H groups in total. The van der Waals surface area contributed by atoms with Gasteiger partial charge in [-0.1, -0.05) is 18.2 Å². The molecule has 2 aromatic heterocycles. The molecule has 0 saturated carbocycles. The van der Waals surface area contributed by atoms with Gasteiger partial charge in [0.2, 0.25) is 5.95 Å². The number of benzene rings is 2. The van der Waals surface area contributed by atoms with Crippen LogP contribution in [0.1, 0.15) is 5.56 Å². The maximum Gasteiger partial charge on any atom is 0.264 e. The van der Waals surface area contributed by atoms with Gasteiger partial charge in [-0.2, -0.15) is 15.1 Å². The standard InChI is InChI=1S/C21H20FN7O3S/c1-32-18-7-6-14(9-16(18)22)33(30,31)29-11-13(8-12-4-2-3-5-17(12)29)25-19-15-10-24-28-20(15)27-21(23)26-19/h2-7,9-10,13H,8,11H2,1H3,(H4,23,24,25,26,27,28). The minimum absolute atomic E-state index is 0.0296. The molecule has 1 atom stereocenters. The van der Waals surface area contributed by atoms with Crippen LogP contribution in [-0.2, 0) is 16.4 Å². The Labute approximate surface area is 188 Å². The summed E-state index contributed by atoms with van der Waals surface area (Å²) in [5.41, 5.74) is 7.65. The lowest BCUT2D eigenvalue weighted by Crippen LogP contribution is -2.45. The van der Waals surface area contributed by atoms with Crippen molar-refractivity contribution in [3.8, 4) is 5.75 Å². The maximum absolute atomic E-state index is 14.3. The number of hydrogen-bond donors (Lipinski definition) is 3. The number of para-hydroxylation sites is 1. The zero-order chi connectivity index (χ0) is 23.2. The summed E-state index contributed by atoms with van der Waals surface area (Å²) in [6.45, 7) is 0.0935. The summed E-state index contributed by atoms with van der Waals surface area (Å²) < 4.78 is 47.6. The van der Waals surface area contributed by atoms with Crippen molar-refractivity contribution in [3.05, 3.63) is 60.0 Å². The Balaban J connectivity index is 1.53. The first-order chi connectivity index (χ1) is 15.9. The van der Waals surface area contributed by atoms with E-state index in [-0.39, 0.29) is 29.2 Å². The Bertz CT molecular complexity index is 1460. The van der Waals surface area contributed by atoms with Crippen molar-refractivity contribution < 1.29 is 17.5 Å². The molecule has 1 aliphatic heterocycles. The molecule has 0 radical (unpaired) electrons. The number of fused-ring (bicyclic) bond motifs is 2. The SMILES string of the molecule is COc1ccc(S(=O)(=O)N2CC(Nc3nc(N)nc4[nH]ncc34)Cc3ccccc32)cc1F. The van der Waals surface area contributed by atoms with Crippen LogP contribution in [0.15, 0.2) is 53.6 Å². The molecule has 5 rings (SSSR count). The van der Waals surface area contributed by atoms with Crippen molar-refractivity contribution in [2.75, 3.05) is 29.0 Å². The van der Waals surface area contributed by atoms with E-state index in [9.17, 15) is 12.8 Å². The van der Waals surface area contributed by atoms with E-state index in [2.05, 4.69) is 25.5 Å². The molecule has 3 heterocycles. The zero-order valence-corrected chi connectivity index (χ0v) is 18.3. The number of nitrogens with zero attached hydrogens (tertiary/aromatic N) is 4. The van der Waals surface area contributed by atoms with Crippen LogP contribution in [0.25, 0.3) is 11.0 Å². The number of nitrogens with two attached hydrogens (primary N) is 1.